The lowest BCUT2D eigenvalue weighted by molar-refractivity contribution is -0.120. The van der Waals surface area contributed by atoms with Gasteiger partial charge in [0.15, 0.2) is 5.17 Å². The van der Waals surface area contributed by atoms with Crippen molar-refractivity contribution in [3.63, 3.8) is 0 Å². The molecule has 0 aromatic carbocycles. The molecule has 1 aromatic rings. The maximum atomic E-state index is 11.3. The SMILES string of the molecule is O=CC1N=C(N2CCC(=O)CC2)Sc2ncccc21. The van der Waals surface area contributed by atoms with E-state index < -0.39 is 6.04 Å². The van der Waals surface area contributed by atoms with Crippen LogP contribution in [-0.4, -0.2) is 40.2 Å². The Morgan fingerprint density at radius 2 is 2.16 bits per heavy atom. The van der Waals surface area contributed by atoms with Crippen LogP contribution in [0.25, 0.3) is 0 Å². The molecule has 2 aliphatic heterocycles. The summed E-state index contributed by atoms with van der Waals surface area (Å²) in [6.07, 6.45) is 3.67. The lowest BCUT2D eigenvalue weighted by atomic mass is 10.1. The molecule has 19 heavy (non-hydrogen) atoms. The fraction of sp³-hybridized carbons (Fsp3) is 0.385. The zero-order chi connectivity index (χ0) is 13.2. The lowest BCUT2D eigenvalue weighted by Gasteiger charge is -2.31. The first kappa shape index (κ1) is 12.3. The van der Waals surface area contributed by atoms with Gasteiger partial charge in [-0.2, -0.15) is 0 Å². The summed E-state index contributed by atoms with van der Waals surface area (Å²) in [4.78, 5) is 33.3. The summed E-state index contributed by atoms with van der Waals surface area (Å²) in [6.45, 7) is 1.36. The minimum absolute atomic E-state index is 0.295. The molecule has 0 spiro atoms. The van der Waals surface area contributed by atoms with Gasteiger partial charge in [0, 0.05) is 37.7 Å². The first-order chi connectivity index (χ1) is 9.28. The number of carbonyl (C=O) groups is 2. The molecule has 0 radical (unpaired) electrons. The largest absolute Gasteiger partial charge is 0.350 e. The van der Waals surface area contributed by atoms with Gasteiger partial charge in [0.1, 0.15) is 23.1 Å². The summed E-state index contributed by atoms with van der Waals surface area (Å²) >= 11 is 1.48. The van der Waals surface area contributed by atoms with Crippen molar-refractivity contribution in [1.29, 1.82) is 0 Å². The number of fused-ring (bicyclic) bond motifs is 1. The number of aliphatic imine (C=N–C) groups is 1. The van der Waals surface area contributed by atoms with Gasteiger partial charge in [-0.3, -0.25) is 4.79 Å². The van der Waals surface area contributed by atoms with Crippen LogP contribution in [0.1, 0.15) is 24.4 Å². The number of carbonyl (C=O) groups excluding carboxylic acids is 2. The highest BCUT2D eigenvalue weighted by Crippen LogP contribution is 2.34. The molecule has 0 amide bonds. The van der Waals surface area contributed by atoms with Crippen molar-refractivity contribution in [3.8, 4) is 0 Å². The molecule has 6 heteroatoms. The second-order valence-corrected chi connectivity index (χ2v) is 5.47. The Labute approximate surface area is 115 Å². The Morgan fingerprint density at radius 3 is 2.89 bits per heavy atom. The molecule has 98 valence electrons. The molecular weight excluding hydrogens is 262 g/mol. The van der Waals surface area contributed by atoms with Crippen LogP contribution in [0.3, 0.4) is 0 Å². The number of pyridine rings is 1. The summed E-state index contributed by atoms with van der Waals surface area (Å²) in [5.41, 5.74) is 0.860. The first-order valence-corrected chi connectivity index (χ1v) is 7.02. The lowest BCUT2D eigenvalue weighted by Crippen LogP contribution is -2.38. The third-order valence-corrected chi connectivity index (χ3v) is 4.36. The molecule has 0 bridgehead atoms. The van der Waals surface area contributed by atoms with Crippen molar-refractivity contribution in [3.05, 3.63) is 23.9 Å². The van der Waals surface area contributed by atoms with E-state index in [-0.39, 0.29) is 0 Å². The zero-order valence-corrected chi connectivity index (χ0v) is 11.1. The number of amidine groups is 1. The molecule has 0 aliphatic carbocycles. The van der Waals surface area contributed by atoms with Crippen LogP contribution in [-0.2, 0) is 9.59 Å². The van der Waals surface area contributed by atoms with Gasteiger partial charge in [-0.1, -0.05) is 6.07 Å². The van der Waals surface area contributed by atoms with Crippen LogP contribution in [0, 0.1) is 0 Å². The number of aldehydes is 1. The number of thioether (sulfide) groups is 1. The summed E-state index contributed by atoms with van der Waals surface area (Å²) in [5, 5.41) is 1.64. The molecule has 1 aromatic heterocycles. The molecule has 1 atom stereocenters. The van der Waals surface area contributed by atoms with Crippen LogP contribution in [0.15, 0.2) is 28.3 Å². The van der Waals surface area contributed by atoms with Gasteiger partial charge in [-0.25, -0.2) is 9.98 Å². The smallest absolute Gasteiger partial charge is 0.166 e. The highest BCUT2D eigenvalue weighted by Gasteiger charge is 2.27. The van der Waals surface area contributed by atoms with E-state index in [1.807, 2.05) is 12.1 Å². The summed E-state index contributed by atoms with van der Waals surface area (Å²) in [5.74, 6) is 0.295. The fourth-order valence-corrected chi connectivity index (χ4v) is 3.28. The van der Waals surface area contributed by atoms with E-state index in [2.05, 4.69) is 14.9 Å². The quantitative estimate of drug-likeness (QED) is 0.726. The number of hydrogen-bond acceptors (Lipinski definition) is 6. The van der Waals surface area contributed by atoms with Gasteiger partial charge in [0.2, 0.25) is 0 Å². The molecule has 3 heterocycles. The van der Waals surface area contributed by atoms with E-state index in [0.717, 1.165) is 22.0 Å². The summed E-state index contributed by atoms with van der Waals surface area (Å²) in [6, 6.07) is 3.22. The van der Waals surface area contributed by atoms with Gasteiger partial charge in [-0.15, -0.1) is 0 Å². The summed E-state index contributed by atoms with van der Waals surface area (Å²) < 4.78 is 0. The maximum absolute atomic E-state index is 11.3. The first-order valence-electron chi connectivity index (χ1n) is 6.20. The topological polar surface area (TPSA) is 62.6 Å². The fourth-order valence-electron chi connectivity index (χ4n) is 2.21. The minimum Gasteiger partial charge on any atom is -0.350 e. The number of aromatic nitrogens is 1. The van der Waals surface area contributed by atoms with Gasteiger partial charge < -0.3 is 9.69 Å². The molecule has 3 rings (SSSR count). The third-order valence-electron chi connectivity index (χ3n) is 3.28. The maximum Gasteiger partial charge on any atom is 0.166 e. The predicted octanol–water partition coefficient (Wildman–Crippen LogP) is 1.45. The number of likely N-dealkylation sites (tertiary alicyclic amines) is 1. The number of Topliss-reactive ketones (excluding diaryl/α,β-unsaturated/α-hetero) is 1. The van der Waals surface area contributed by atoms with Crippen molar-refractivity contribution in [1.82, 2.24) is 9.88 Å². The molecule has 1 saturated heterocycles. The van der Waals surface area contributed by atoms with E-state index in [9.17, 15) is 9.59 Å². The standard InChI is InChI=1S/C13H13N3O2S/c17-8-11-10-2-1-5-14-12(10)19-13(15-11)16-6-3-9(18)4-7-16/h1-2,5,8,11H,3-4,6-7H2. The Bertz CT molecular complexity index is 549. The Balaban J connectivity index is 1.86. The Kier molecular flexibility index (Phi) is 3.33. The molecular formula is C13H13N3O2S. The molecule has 0 N–H and O–H groups in total. The monoisotopic (exact) mass is 275 g/mol. The van der Waals surface area contributed by atoms with Crippen molar-refractivity contribution in [2.75, 3.05) is 13.1 Å². The normalized spacial score (nSPS) is 22.7. The number of hydrogen-bond donors (Lipinski definition) is 0. The van der Waals surface area contributed by atoms with Crippen molar-refractivity contribution < 1.29 is 9.59 Å². The van der Waals surface area contributed by atoms with Gasteiger partial charge in [0.05, 0.1) is 0 Å². The molecule has 1 unspecified atom stereocenters. The Morgan fingerprint density at radius 1 is 1.37 bits per heavy atom. The molecule has 2 aliphatic rings. The average Bonchev–Trinajstić information content (AvgIpc) is 2.47. The third kappa shape index (κ3) is 2.40. The molecule has 0 saturated carbocycles. The summed E-state index contributed by atoms with van der Waals surface area (Å²) in [7, 11) is 0. The predicted molar refractivity (Wildman–Crippen MR) is 72.1 cm³/mol. The highest BCUT2D eigenvalue weighted by molar-refractivity contribution is 8.13. The van der Waals surface area contributed by atoms with Crippen molar-refractivity contribution >= 4 is 29.0 Å². The van der Waals surface area contributed by atoms with Crippen LogP contribution >= 0.6 is 11.8 Å². The van der Waals surface area contributed by atoms with Gasteiger partial charge in [-0.05, 0) is 17.8 Å². The van der Waals surface area contributed by atoms with E-state index >= 15 is 0 Å². The average molecular weight is 275 g/mol. The number of nitrogens with zero attached hydrogens (tertiary/aromatic N) is 3. The number of piperidine rings is 1. The van der Waals surface area contributed by atoms with E-state index in [1.165, 1.54) is 11.8 Å². The van der Waals surface area contributed by atoms with Crippen LogP contribution in [0.2, 0.25) is 0 Å². The van der Waals surface area contributed by atoms with Crippen LogP contribution < -0.4 is 0 Å². The van der Waals surface area contributed by atoms with E-state index in [4.69, 9.17) is 0 Å². The minimum atomic E-state index is -0.474. The van der Waals surface area contributed by atoms with E-state index in [0.29, 0.717) is 31.7 Å². The van der Waals surface area contributed by atoms with E-state index in [1.54, 1.807) is 6.20 Å². The highest BCUT2D eigenvalue weighted by atomic mass is 32.2. The zero-order valence-electron chi connectivity index (χ0n) is 10.3. The second kappa shape index (κ2) is 5.13. The van der Waals surface area contributed by atoms with Crippen molar-refractivity contribution in [2.24, 2.45) is 4.99 Å². The number of ketones is 1. The number of rotatable bonds is 1. The van der Waals surface area contributed by atoms with Crippen molar-refractivity contribution in [2.45, 2.75) is 23.9 Å². The van der Waals surface area contributed by atoms with Gasteiger partial charge in [0.25, 0.3) is 0 Å². The van der Waals surface area contributed by atoms with Crippen LogP contribution in [0.5, 0.6) is 0 Å². The van der Waals surface area contributed by atoms with Crippen LogP contribution in [0.4, 0.5) is 0 Å². The van der Waals surface area contributed by atoms with Gasteiger partial charge >= 0.3 is 0 Å². The second-order valence-electron chi connectivity index (χ2n) is 4.52. The molecule has 5 nitrogen and oxygen atoms in total. The Hall–Kier alpha value is -1.69. The molecule has 1 fully saturated rings.